The summed E-state index contributed by atoms with van der Waals surface area (Å²) in [5, 5.41) is 3.11. The molecule has 1 N–H and O–H groups in total. The number of carbonyl (C=O) groups is 1. The van der Waals surface area contributed by atoms with Gasteiger partial charge in [-0.25, -0.2) is 8.42 Å². The van der Waals surface area contributed by atoms with E-state index in [9.17, 15) is 13.2 Å². The minimum absolute atomic E-state index is 0.0296. The summed E-state index contributed by atoms with van der Waals surface area (Å²) in [5.74, 6) is -0.328. The molecule has 6 heteroatoms. The Morgan fingerprint density at radius 1 is 1.42 bits per heavy atom. The van der Waals surface area contributed by atoms with Crippen LogP contribution < -0.4 is 5.32 Å². The second kappa shape index (κ2) is 4.94. The average Bonchev–Trinajstić information content (AvgIpc) is 2.42. The van der Waals surface area contributed by atoms with Crippen LogP contribution in [0.3, 0.4) is 0 Å². The van der Waals surface area contributed by atoms with Gasteiger partial charge in [0.05, 0.1) is 29.7 Å². The molecule has 1 aliphatic rings. The molecule has 0 amide bonds. The predicted octanol–water partition coefficient (Wildman–Crippen LogP) is 0.842. The molecule has 0 spiro atoms. The van der Waals surface area contributed by atoms with Crippen molar-refractivity contribution in [1.29, 1.82) is 0 Å². The number of hydrogen-bond acceptors (Lipinski definition) is 5. The third-order valence-electron chi connectivity index (χ3n) is 3.69. The molecule has 0 aromatic heterocycles. The van der Waals surface area contributed by atoms with Crippen LogP contribution in [0.2, 0.25) is 0 Å². The van der Waals surface area contributed by atoms with Crippen LogP contribution in [0.4, 0.5) is 0 Å². The maximum absolute atomic E-state index is 12.1. The Kier molecular flexibility index (Phi) is 3.64. The van der Waals surface area contributed by atoms with Crippen molar-refractivity contribution in [3.05, 3.63) is 29.8 Å². The Bertz CT molecular complexity index is 596. The number of carbonyl (C=O) groups excluding carboxylic acids is 1. The molecule has 2 rings (SSSR count). The molecule has 1 heterocycles. The van der Waals surface area contributed by atoms with Gasteiger partial charge in [0.15, 0.2) is 9.84 Å². The Labute approximate surface area is 112 Å². The van der Waals surface area contributed by atoms with Crippen molar-refractivity contribution in [2.24, 2.45) is 0 Å². The summed E-state index contributed by atoms with van der Waals surface area (Å²) in [6.45, 7) is 0. The van der Waals surface area contributed by atoms with Gasteiger partial charge in [-0.2, -0.15) is 0 Å². The number of fused-ring (bicyclic) bond motifs is 1. The quantitative estimate of drug-likeness (QED) is 0.832. The lowest BCUT2D eigenvalue weighted by Gasteiger charge is -2.37. The average molecular weight is 283 g/mol. The molecule has 0 saturated carbocycles. The van der Waals surface area contributed by atoms with Crippen LogP contribution in [0, 0.1) is 0 Å². The van der Waals surface area contributed by atoms with Gasteiger partial charge < -0.3 is 10.1 Å². The maximum atomic E-state index is 12.1. The molecular weight excluding hydrogens is 266 g/mol. The van der Waals surface area contributed by atoms with E-state index < -0.39 is 15.4 Å². The minimum atomic E-state index is -3.26. The first-order valence-electron chi connectivity index (χ1n) is 6.03. The highest BCUT2D eigenvalue weighted by molar-refractivity contribution is 7.91. The third-order valence-corrected chi connectivity index (χ3v) is 5.46. The molecule has 1 unspecified atom stereocenters. The van der Waals surface area contributed by atoms with Crippen molar-refractivity contribution >= 4 is 15.8 Å². The summed E-state index contributed by atoms with van der Waals surface area (Å²) < 4.78 is 28.9. The molecule has 1 aliphatic heterocycles. The summed E-state index contributed by atoms with van der Waals surface area (Å²) in [5.41, 5.74) is -0.0243. The van der Waals surface area contributed by atoms with Crippen LogP contribution >= 0.6 is 0 Å². The second-order valence-electron chi connectivity index (χ2n) is 4.65. The number of esters is 1. The molecule has 0 fully saturated rings. The lowest BCUT2D eigenvalue weighted by Crippen LogP contribution is -2.47. The molecule has 1 aromatic rings. The summed E-state index contributed by atoms with van der Waals surface area (Å²) in [7, 11) is -0.194. The van der Waals surface area contributed by atoms with Gasteiger partial charge in [0.1, 0.15) is 0 Å². The van der Waals surface area contributed by atoms with Crippen molar-refractivity contribution in [3.63, 3.8) is 0 Å². The number of hydrogen-bond donors (Lipinski definition) is 1. The first-order valence-corrected chi connectivity index (χ1v) is 7.68. The summed E-state index contributed by atoms with van der Waals surface area (Å²) in [6, 6.07) is 6.82. The lowest BCUT2D eigenvalue weighted by atomic mass is 9.83. The fourth-order valence-electron chi connectivity index (χ4n) is 2.54. The van der Waals surface area contributed by atoms with Gasteiger partial charge in [-0.1, -0.05) is 18.2 Å². The van der Waals surface area contributed by atoms with Crippen molar-refractivity contribution < 1.29 is 17.9 Å². The Morgan fingerprint density at radius 3 is 2.74 bits per heavy atom. The number of sulfone groups is 1. The van der Waals surface area contributed by atoms with Crippen molar-refractivity contribution in [2.75, 3.05) is 19.9 Å². The van der Waals surface area contributed by atoms with E-state index in [0.717, 1.165) is 0 Å². The first-order chi connectivity index (χ1) is 8.95. The molecule has 0 bridgehead atoms. The van der Waals surface area contributed by atoms with Crippen LogP contribution in [0.5, 0.6) is 0 Å². The number of rotatable bonds is 3. The molecular formula is C13H17NO4S. The van der Waals surface area contributed by atoms with Crippen molar-refractivity contribution in [2.45, 2.75) is 23.3 Å². The Balaban J connectivity index is 2.56. The topological polar surface area (TPSA) is 72.5 Å². The van der Waals surface area contributed by atoms with Crippen LogP contribution in [0.25, 0.3) is 0 Å². The largest absolute Gasteiger partial charge is 0.469 e. The molecule has 5 nitrogen and oxygen atoms in total. The van der Waals surface area contributed by atoms with E-state index in [4.69, 9.17) is 4.74 Å². The van der Waals surface area contributed by atoms with Crippen LogP contribution in [-0.2, 0) is 24.9 Å². The summed E-state index contributed by atoms with van der Waals surface area (Å²) >= 11 is 0. The molecule has 1 aromatic carbocycles. The number of benzene rings is 1. The second-order valence-corrected chi connectivity index (χ2v) is 6.73. The number of methoxy groups -OCH3 is 1. The maximum Gasteiger partial charge on any atom is 0.307 e. The summed E-state index contributed by atoms with van der Waals surface area (Å²) in [4.78, 5) is 11.9. The molecule has 0 saturated heterocycles. The van der Waals surface area contributed by atoms with E-state index in [1.807, 2.05) is 0 Å². The van der Waals surface area contributed by atoms with E-state index in [1.165, 1.54) is 7.11 Å². The van der Waals surface area contributed by atoms with Gasteiger partial charge in [0.25, 0.3) is 0 Å². The van der Waals surface area contributed by atoms with Gasteiger partial charge in [-0.3, -0.25) is 4.79 Å². The van der Waals surface area contributed by atoms with E-state index in [1.54, 1.807) is 31.3 Å². The Morgan fingerprint density at radius 2 is 2.11 bits per heavy atom. The van der Waals surface area contributed by atoms with Crippen LogP contribution in [0.15, 0.2) is 29.2 Å². The lowest BCUT2D eigenvalue weighted by molar-refractivity contribution is -0.142. The molecule has 19 heavy (non-hydrogen) atoms. The highest BCUT2D eigenvalue weighted by atomic mass is 32.2. The van der Waals surface area contributed by atoms with Crippen molar-refractivity contribution in [3.8, 4) is 0 Å². The first kappa shape index (κ1) is 14.0. The van der Waals surface area contributed by atoms with Gasteiger partial charge in [0.2, 0.25) is 0 Å². The normalized spacial score (nSPS) is 24.5. The molecule has 0 radical (unpaired) electrons. The molecule has 0 aliphatic carbocycles. The number of nitrogens with one attached hydrogen (secondary N) is 1. The standard InChI is InChI=1S/C13H17NO4S/c1-14-13(9-12(15)18-2)7-8-19(16,17)11-6-4-3-5-10(11)13/h3-6,14H,7-9H2,1-2H3. The highest BCUT2D eigenvalue weighted by Crippen LogP contribution is 2.39. The Hall–Kier alpha value is -1.40. The smallest absolute Gasteiger partial charge is 0.307 e. The van der Waals surface area contributed by atoms with E-state index in [-0.39, 0.29) is 18.1 Å². The van der Waals surface area contributed by atoms with Crippen LogP contribution in [-0.4, -0.2) is 34.3 Å². The SMILES string of the molecule is CNC1(CC(=O)OC)CCS(=O)(=O)c2ccccc21. The third kappa shape index (κ3) is 2.37. The monoisotopic (exact) mass is 283 g/mol. The van der Waals surface area contributed by atoms with E-state index in [2.05, 4.69) is 5.32 Å². The van der Waals surface area contributed by atoms with E-state index >= 15 is 0 Å². The van der Waals surface area contributed by atoms with E-state index in [0.29, 0.717) is 16.9 Å². The van der Waals surface area contributed by atoms with Gasteiger partial charge in [-0.15, -0.1) is 0 Å². The van der Waals surface area contributed by atoms with Gasteiger partial charge >= 0.3 is 5.97 Å². The zero-order valence-electron chi connectivity index (χ0n) is 11.0. The van der Waals surface area contributed by atoms with Gasteiger partial charge in [-0.05, 0) is 25.1 Å². The van der Waals surface area contributed by atoms with Crippen LogP contribution in [0.1, 0.15) is 18.4 Å². The molecule has 104 valence electrons. The van der Waals surface area contributed by atoms with Crippen molar-refractivity contribution in [1.82, 2.24) is 5.32 Å². The molecule has 1 atom stereocenters. The fourth-order valence-corrected chi connectivity index (χ4v) is 4.26. The number of ether oxygens (including phenoxy) is 1. The fraction of sp³-hybridized carbons (Fsp3) is 0.462. The zero-order valence-corrected chi connectivity index (χ0v) is 11.8. The van der Waals surface area contributed by atoms with Gasteiger partial charge in [0, 0.05) is 0 Å². The predicted molar refractivity (Wildman–Crippen MR) is 70.5 cm³/mol. The zero-order chi connectivity index (χ0) is 14.1. The highest BCUT2D eigenvalue weighted by Gasteiger charge is 2.42. The minimum Gasteiger partial charge on any atom is -0.469 e. The summed E-state index contributed by atoms with van der Waals surface area (Å²) in [6.07, 6.45) is 0.477.